The molecule has 0 aliphatic heterocycles. The van der Waals surface area contributed by atoms with E-state index in [9.17, 15) is 14.0 Å². The average molecular weight is 512 g/mol. The van der Waals surface area contributed by atoms with Gasteiger partial charge in [0.15, 0.2) is 12.3 Å². The predicted octanol–water partition coefficient (Wildman–Crippen LogP) is 2.79. The van der Waals surface area contributed by atoms with Crippen LogP contribution < -0.4 is 0 Å². The third-order valence-corrected chi connectivity index (χ3v) is 5.13. The van der Waals surface area contributed by atoms with Crippen molar-refractivity contribution in [3.63, 3.8) is 0 Å². The summed E-state index contributed by atoms with van der Waals surface area (Å²) in [6.07, 6.45) is -2.41. The Balaban J connectivity index is 2.07. The standard InChI is InChI=1S/C22H23BrFNO7/c1-30-25-10-19(24)20(32-22(29)17-8-4-15(12-27)5-9-17)18(23)13-31-21(28)16-6-2-14(11-26)3-7-16/h2-10,18-20,26-27H,11-13H2,1H3/b25-10-/t18-,19+,20+/m0/s1. The van der Waals surface area contributed by atoms with E-state index in [4.69, 9.17) is 19.7 Å². The van der Waals surface area contributed by atoms with E-state index in [1.54, 1.807) is 24.3 Å². The second-order valence-corrected chi connectivity index (χ2v) is 7.75. The lowest BCUT2D eigenvalue weighted by atomic mass is 10.1. The summed E-state index contributed by atoms with van der Waals surface area (Å²) in [7, 11) is 1.24. The Kier molecular flexibility index (Phi) is 10.3. The number of rotatable bonds is 11. The molecule has 2 rings (SSSR count). The van der Waals surface area contributed by atoms with Crippen molar-refractivity contribution in [3.05, 3.63) is 70.8 Å². The van der Waals surface area contributed by atoms with Gasteiger partial charge in [0.1, 0.15) is 13.7 Å². The number of alkyl halides is 2. The summed E-state index contributed by atoms with van der Waals surface area (Å²) in [6.45, 7) is -0.645. The lowest BCUT2D eigenvalue weighted by Crippen LogP contribution is -2.39. The molecule has 0 amide bonds. The number of halogens is 2. The summed E-state index contributed by atoms with van der Waals surface area (Å²) in [5.74, 6) is -1.46. The largest absolute Gasteiger partial charge is 0.461 e. The number of carbonyl (C=O) groups is 2. The first-order valence-corrected chi connectivity index (χ1v) is 10.4. The summed E-state index contributed by atoms with van der Waals surface area (Å²) in [6, 6.07) is 12.1. The van der Waals surface area contributed by atoms with E-state index in [0.29, 0.717) is 11.1 Å². The molecule has 0 spiro atoms. The van der Waals surface area contributed by atoms with E-state index >= 15 is 0 Å². The molecule has 0 unspecified atom stereocenters. The normalized spacial score (nSPS) is 13.9. The Morgan fingerprint density at radius 2 is 1.50 bits per heavy atom. The molecule has 0 radical (unpaired) electrons. The van der Waals surface area contributed by atoms with Gasteiger partial charge in [0.25, 0.3) is 0 Å². The molecule has 8 nitrogen and oxygen atoms in total. The molecule has 172 valence electrons. The van der Waals surface area contributed by atoms with E-state index in [0.717, 1.165) is 6.21 Å². The number of hydrogen-bond acceptors (Lipinski definition) is 8. The van der Waals surface area contributed by atoms with E-state index in [-0.39, 0.29) is 30.9 Å². The number of ether oxygens (including phenoxy) is 2. The molecule has 0 saturated heterocycles. The maximum Gasteiger partial charge on any atom is 0.338 e. The number of nitrogens with zero attached hydrogens (tertiary/aromatic N) is 1. The summed E-state index contributed by atoms with van der Waals surface area (Å²) in [5, 5.41) is 21.5. The van der Waals surface area contributed by atoms with Crippen LogP contribution in [-0.4, -0.2) is 59.2 Å². The minimum Gasteiger partial charge on any atom is -0.461 e. The van der Waals surface area contributed by atoms with Gasteiger partial charge in [-0.2, -0.15) is 0 Å². The van der Waals surface area contributed by atoms with Crippen LogP contribution in [-0.2, 0) is 27.5 Å². The molecule has 2 N–H and O–H groups in total. The van der Waals surface area contributed by atoms with Crippen LogP contribution in [0, 0.1) is 0 Å². The Hall–Kier alpha value is -2.82. The van der Waals surface area contributed by atoms with Gasteiger partial charge < -0.3 is 24.5 Å². The molecule has 2 aromatic rings. The zero-order chi connectivity index (χ0) is 23.5. The maximum atomic E-state index is 14.7. The van der Waals surface area contributed by atoms with Gasteiger partial charge in [-0.25, -0.2) is 14.0 Å². The highest BCUT2D eigenvalue weighted by Crippen LogP contribution is 2.19. The van der Waals surface area contributed by atoms with Crippen LogP contribution in [0.15, 0.2) is 53.7 Å². The second-order valence-electron chi connectivity index (χ2n) is 6.58. The van der Waals surface area contributed by atoms with Gasteiger partial charge in [0.05, 0.1) is 35.4 Å². The van der Waals surface area contributed by atoms with E-state index < -0.39 is 29.0 Å². The van der Waals surface area contributed by atoms with Crippen molar-refractivity contribution in [1.82, 2.24) is 0 Å². The van der Waals surface area contributed by atoms with Gasteiger partial charge in [-0.1, -0.05) is 45.4 Å². The van der Waals surface area contributed by atoms with Crippen molar-refractivity contribution in [1.29, 1.82) is 0 Å². The predicted molar refractivity (Wildman–Crippen MR) is 117 cm³/mol. The van der Waals surface area contributed by atoms with Gasteiger partial charge in [-0.15, -0.1) is 0 Å². The molecular formula is C22H23BrFNO7. The average Bonchev–Trinajstić information content (AvgIpc) is 2.83. The topological polar surface area (TPSA) is 115 Å². The molecular weight excluding hydrogens is 489 g/mol. The molecule has 0 aliphatic rings. The lowest BCUT2D eigenvalue weighted by Gasteiger charge is -2.24. The Labute approximate surface area is 192 Å². The molecule has 0 fully saturated rings. The fourth-order valence-electron chi connectivity index (χ4n) is 2.56. The fourth-order valence-corrected chi connectivity index (χ4v) is 3.09. The first kappa shape index (κ1) is 25.4. The van der Waals surface area contributed by atoms with Gasteiger partial charge in [-0.3, -0.25) is 0 Å². The minimum atomic E-state index is -1.86. The van der Waals surface area contributed by atoms with Crippen molar-refractivity contribution < 1.29 is 38.5 Å². The molecule has 3 atom stereocenters. The third-order valence-electron chi connectivity index (χ3n) is 4.34. The van der Waals surface area contributed by atoms with Gasteiger partial charge in [0, 0.05) is 0 Å². The fraction of sp³-hybridized carbons (Fsp3) is 0.318. The molecule has 0 saturated carbocycles. The highest BCUT2D eigenvalue weighted by atomic mass is 79.9. The van der Waals surface area contributed by atoms with Crippen molar-refractivity contribution in [2.45, 2.75) is 30.3 Å². The molecule has 0 aromatic heterocycles. The van der Waals surface area contributed by atoms with E-state index in [2.05, 4.69) is 25.9 Å². The van der Waals surface area contributed by atoms with Crippen LogP contribution in [0.5, 0.6) is 0 Å². The third kappa shape index (κ3) is 7.40. The SMILES string of the molecule is CO/N=C\[C@@H](F)[C@H](OC(=O)c1ccc(CO)cc1)[C@@H](Br)COC(=O)c1ccc(CO)cc1. The molecule has 32 heavy (non-hydrogen) atoms. The van der Waals surface area contributed by atoms with Crippen LogP contribution in [0.25, 0.3) is 0 Å². The summed E-state index contributed by atoms with van der Waals surface area (Å²) < 4.78 is 25.2. The van der Waals surface area contributed by atoms with Crippen molar-refractivity contribution in [3.8, 4) is 0 Å². The van der Waals surface area contributed by atoms with Gasteiger partial charge in [-0.05, 0) is 35.4 Å². The summed E-state index contributed by atoms with van der Waals surface area (Å²) in [5.41, 5.74) is 1.64. The number of aliphatic hydroxyl groups excluding tert-OH is 2. The van der Waals surface area contributed by atoms with Crippen LogP contribution in [0.2, 0.25) is 0 Å². The van der Waals surface area contributed by atoms with Crippen molar-refractivity contribution in [2.75, 3.05) is 13.7 Å². The minimum absolute atomic E-state index is 0.156. The van der Waals surface area contributed by atoms with Crippen molar-refractivity contribution in [2.24, 2.45) is 5.16 Å². The van der Waals surface area contributed by atoms with E-state index in [1.165, 1.54) is 31.4 Å². The number of esters is 2. The second kappa shape index (κ2) is 12.9. The maximum absolute atomic E-state index is 14.7. The van der Waals surface area contributed by atoms with Crippen LogP contribution in [0.1, 0.15) is 31.8 Å². The van der Waals surface area contributed by atoms with Gasteiger partial charge >= 0.3 is 11.9 Å². The summed E-state index contributed by atoms with van der Waals surface area (Å²) >= 11 is 3.22. The highest BCUT2D eigenvalue weighted by molar-refractivity contribution is 9.09. The molecule has 0 heterocycles. The zero-order valence-corrected chi connectivity index (χ0v) is 18.8. The number of benzene rings is 2. The summed E-state index contributed by atoms with van der Waals surface area (Å²) in [4.78, 5) is 28.3. The number of carbonyl (C=O) groups excluding carboxylic acids is 2. The van der Waals surface area contributed by atoms with Crippen LogP contribution in [0.4, 0.5) is 4.39 Å². The molecule has 10 heteroatoms. The Morgan fingerprint density at radius 3 is 1.97 bits per heavy atom. The number of aliphatic hydroxyl groups is 2. The highest BCUT2D eigenvalue weighted by Gasteiger charge is 2.32. The molecule has 0 aliphatic carbocycles. The smallest absolute Gasteiger partial charge is 0.338 e. The van der Waals surface area contributed by atoms with Crippen LogP contribution >= 0.6 is 15.9 Å². The zero-order valence-electron chi connectivity index (χ0n) is 17.2. The van der Waals surface area contributed by atoms with Gasteiger partial charge in [0.2, 0.25) is 0 Å². The first-order valence-electron chi connectivity index (χ1n) is 9.52. The number of oxime groups is 1. The quantitative estimate of drug-likeness (QED) is 0.206. The molecule has 2 aromatic carbocycles. The van der Waals surface area contributed by atoms with E-state index in [1.807, 2.05) is 0 Å². The monoisotopic (exact) mass is 511 g/mol. The number of hydrogen-bond donors (Lipinski definition) is 2. The first-order chi connectivity index (χ1) is 15.4. The van der Waals surface area contributed by atoms with Crippen LogP contribution in [0.3, 0.4) is 0 Å². The molecule has 0 bridgehead atoms. The van der Waals surface area contributed by atoms with Crippen molar-refractivity contribution >= 4 is 34.1 Å². The Bertz CT molecular complexity index is 906. The lowest BCUT2D eigenvalue weighted by molar-refractivity contribution is 0.00845. The Morgan fingerprint density at radius 1 is 1.00 bits per heavy atom.